The molecular formula is C24H21ClN4O4S. The average Bonchev–Trinajstić information content (AvgIpc) is 3.26. The van der Waals surface area contributed by atoms with E-state index in [0.29, 0.717) is 33.4 Å². The maximum absolute atomic E-state index is 13.7. The fraction of sp³-hybridized carbons (Fsp3) is 0.125. The highest BCUT2D eigenvalue weighted by molar-refractivity contribution is 7.89. The van der Waals surface area contributed by atoms with Crippen molar-refractivity contribution >= 4 is 27.5 Å². The summed E-state index contributed by atoms with van der Waals surface area (Å²) in [7, 11) is -4.13. The zero-order valence-corrected chi connectivity index (χ0v) is 19.7. The summed E-state index contributed by atoms with van der Waals surface area (Å²) < 4.78 is 33.7. The first kappa shape index (κ1) is 23.6. The number of aryl methyl sites for hydroxylation is 1. The van der Waals surface area contributed by atoms with Gasteiger partial charge >= 0.3 is 0 Å². The minimum atomic E-state index is -4.13. The lowest BCUT2D eigenvalue weighted by Crippen LogP contribution is -2.41. The number of aromatic nitrogens is 2. The van der Waals surface area contributed by atoms with Gasteiger partial charge in [0.05, 0.1) is 4.90 Å². The van der Waals surface area contributed by atoms with Crippen LogP contribution in [0, 0.1) is 6.92 Å². The van der Waals surface area contributed by atoms with E-state index in [9.17, 15) is 13.2 Å². The molecule has 1 heterocycles. The van der Waals surface area contributed by atoms with Crippen LogP contribution in [-0.2, 0) is 21.4 Å². The molecule has 1 atom stereocenters. The Bertz CT molecular complexity index is 1390. The molecule has 0 saturated heterocycles. The van der Waals surface area contributed by atoms with Crippen LogP contribution in [0.2, 0.25) is 5.02 Å². The molecule has 2 N–H and O–H groups in total. The number of primary amides is 1. The molecule has 4 rings (SSSR count). The molecule has 34 heavy (non-hydrogen) atoms. The van der Waals surface area contributed by atoms with Crippen LogP contribution < -0.4 is 5.73 Å². The molecule has 174 valence electrons. The molecular weight excluding hydrogens is 476 g/mol. The molecule has 1 amide bonds. The zero-order chi connectivity index (χ0) is 24.3. The van der Waals surface area contributed by atoms with E-state index in [1.165, 1.54) is 24.3 Å². The minimum Gasteiger partial charge on any atom is -0.368 e. The highest BCUT2D eigenvalue weighted by atomic mass is 35.5. The standard InChI is InChI=1S/C24H21ClN4O4S/c1-16-27-24(33-28-16)19-9-7-17(8-10-19)15-29(22(23(26)30)18-5-3-2-4-6-18)34(31,32)21-13-11-20(25)12-14-21/h2-14,22H,15H2,1H3,(H2,26,30). The van der Waals surface area contributed by atoms with Crippen molar-refractivity contribution in [3.63, 3.8) is 0 Å². The summed E-state index contributed by atoms with van der Waals surface area (Å²) in [6, 6.07) is 20.1. The quantitative estimate of drug-likeness (QED) is 0.392. The van der Waals surface area contributed by atoms with Crippen molar-refractivity contribution in [3.05, 3.63) is 101 Å². The van der Waals surface area contributed by atoms with Crippen molar-refractivity contribution in [3.8, 4) is 11.5 Å². The van der Waals surface area contributed by atoms with Crippen molar-refractivity contribution in [2.24, 2.45) is 5.73 Å². The number of carbonyl (C=O) groups is 1. The van der Waals surface area contributed by atoms with Gasteiger partial charge in [0, 0.05) is 17.1 Å². The van der Waals surface area contributed by atoms with E-state index in [2.05, 4.69) is 10.1 Å². The summed E-state index contributed by atoms with van der Waals surface area (Å²) in [6.45, 7) is 1.62. The molecule has 0 radical (unpaired) electrons. The van der Waals surface area contributed by atoms with Gasteiger partial charge in [-0.15, -0.1) is 0 Å². The van der Waals surface area contributed by atoms with Crippen LogP contribution in [-0.4, -0.2) is 28.8 Å². The van der Waals surface area contributed by atoms with Crippen LogP contribution in [0.15, 0.2) is 88.3 Å². The van der Waals surface area contributed by atoms with Gasteiger partial charge in [-0.2, -0.15) is 9.29 Å². The molecule has 0 bridgehead atoms. The molecule has 4 aromatic rings. The third-order valence-corrected chi connectivity index (χ3v) is 7.24. The Morgan fingerprint density at radius 2 is 1.68 bits per heavy atom. The molecule has 3 aromatic carbocycles. The number of amides is 1. The molecule has 1 aromatic heterocycles. The smallest absolute Gasteiger partial charge is 0.257 e. The number of hydrogen-bond donors (Lipinski definition) is 1. The Kier molecular flexibility index (Phi) is 6.78. The lowest BCUT2D eigenvalue weighted by atomic mass is 10.1. The predicted octanol–water partition coefficient (Wildman–Crippen LogP) is 4.12. The van der Waals surface area contributed by atoms with Crippen molar-refractivity contribution in [2.45, 2.75) is 24.4 Å². The first-order valence-electron chi connectivity index (χ1n) is 10.3. The molecule has 10 heteroatoms. The van der Waals surface area contributed by atoms with Crippen molar-refractivity contribution in [1.82, 2.24) is 14.4 Å². The van der Waals surface area contributed by atoms with Gasteiger partial charge < -0.3 is 10.3 Å². The lowest BCUT2D eigenvalue weighted by molar-refractivity contribution is -0.122. The van der Waals surface area contributed by atoms with Gasteiger partial charge in [-0.1, -0.05) is 59.2 Å². The summed E-state index contributed by atoms with van der Waals surface area (Å²) in [5, 5.41) is 4.17. The number of rotatable bonds is 8. The van der Waals surface area contributed by atoms with E-state index in [1.807, 2.05) is 0 Å². The Hall–Kier alpha value is -3.53. The Morgan fingerprint density at radius 3 is 2.24 bits per heavy atom. The normalized spacial score (nSPS) is 12.6. The molecule has 0 aliphatic rings. The molecule has 1 unspecified atom stereocenters. The highest BCUT2D eigenvalue weighted by Gasteiger charge is 2.36. The van der Waals surface area contributed by atoms with Crippen LogP contribution in [0.4, 0.5) is 0 Å². The average molecular weight is 497 g/mol. The number of sulfonamides is 1. The van der Waals surface area contributed by atoms with E-state index < -0.39 is 22.0 Å². The molecule has 8 nitrogen and oxygen atoms in total. The second-order valence-electron chi connectivity index (χ2n) is 7.56. The van der Waals surface area contributed by atoms with E-state index in [1.54, 1.807) is 61.5 Å². The Balaban J connectivity index is 1.76. The van der Waals surface area contributed by atoms with Crippen LogP contribution in [0.25, 0.3) is 11.5 Å². The fourth-order valence-corrected chi connectivity index (χ4v) is 5.21. The Morgan fingerprint density at radius 1 is 1.03 bits per heavy atom. The number of hydrogen-bond acceptors (Lipinski definition) is 6. The maximum atomic E-state index is 13.7. The van der Waals surface area contributed by atoms with Gasteiger partial charge in [-0.3, -0.25) is 4.79 Å². The fourth-order valence-electron chi connectivity index (χ4n) is 3.51. The number of halogens is 1. The highest BCUT2D eigenvalue weighted by Crippen LogP contribution is 2.31. The van der Waals surface area contributed by atoms with E-state index >= 15 is 0 Å². The minimum absolute atomic E-state index is 0.00274. The predicted molar refractivity (Wildman–Crippen MR) is 127 cm³/mol. The van der Waals surface area contributed by atoms with Crippen LogP contribution in [0.1, 0.15) is 23.0 Å². The summed E-state index contributed by atoms with van der Waals surface area (Å²) in [4.78, 5) is 16.8. The number of carbonyl (C=O) groups excluding carboxylic acids is 1. The van der Waals surface area contributed by atoms with E-state index in [0.717, 1.165) is 4.31 Å². The molecule has 0 aliphatic heterocycles. The van der Waals surface area contributed by atoms with Gasteiger partial charge in [-0.05, 0) is 54.4 Å². The van der Waals surface area contributed by atoms with Gasteiger partial charge in [0.15, 0.2) is 5.82 Å². The van der Waals surface area contributed by atoms with Crippen molar-refractivity contribution in [2.75, 3.05) is 0 Å². The maximum Gasteiger partial charge on any atom is 0.257 e. The van der Waals surface area contributed by atoms with Crippen molar-refractivity contribution in [1.29, 1.82) is 0 Å². The monoisotopic (exact) mass is 496 g/mol. The van der Waals surface area contributed by atoms with E-state index in [-0.39, 0.29) is 11.4 Å². The van der Waals surface area contributed by atoms with Gasteiger partial charge in [0.1, 0.15) is 6.04 Å². The summed E-state index contributed by atoms with van der Waals surface area (Å²) in [6.07, 6.45) is 0. The van der Waals surface area contributed by atoms with Gasteiger partial charge in [0.2, 0.25) is 15.9 Å². The third-order valence-electron chi connectivity index (χ3n) is 5.16. The number of nitrogens with two attached hydrogens (primary N) is 1. The summed E-state index contributed by atoms with van der Waals surface area (Å²) in [5.74, 6) is 0.0714. The molecule has 0 saturated carbocycles. The van der Waals surface area contributed by atoms with Crippen LogP contribution in [0.3, 0.4) is 0 Å². The SMILES string of the molecule is Cc1noc(-c2ccc(CN(C(C(N)=O)c3ccccc3)S(=O)(=O)c3ccc(Cl)cc3)cc2)n1. The lowest BCUT2D eigenvalue weighted by Gasteiger charge is -2.29. The third kappa shape index (κ3) is 5.01. The zero-order valence-electron chi connectivity index (χ0n) is 18.1. The van der Waals surface area contributed by atoms with Crippen LogP contribution in [0.5, 0.6) is 0 Å². The largest absolute Gasteiger partial charge is 0.368 e. The first-order valence-corrected chi connectivity index (χ1v) is 12.1. The van der Waals surface area contributed by atoms with Gasteiger partial charge in [-0.25, -0.2) is 8.42 Å². The first-order chi connectivity index (χ1) is 16.3. The van der Waals surface area contributed by atoms with Gasteiger partial charge in [0.25, 0.3) is 5.89 Å². The summed E-state index contributed by atoms with van der Waals surface area (Å²) >= 11 is 5.95. The Labute approximate surface area is 202 Å². The number of benzene rings is 3. The molecule has 0 fully saturated rings. The second-order valence-corrected chi connectivity index (χ2v) is 9.89. The second kappa shape index (κ2) is 9.76. The molecule has 0 aliphatic carbocycles. The topological polar surface area (TPSA) is 119 Å². The summed E-state index contributed by atoms with van der Waals surface area (Å²) in [5.41, 5.74) is 7.52. The molecule has 0 spiro atoms. The van der Waals surface area contributed by atoms with Crippen molar-refractivity contribution < 1.29 is 17.7 Å². The van der Waals surface area contributed by atoms with Crippen LogP contribution >= 0.6 is 11.6 Å². The number of nitrogens with zero attached hydrogens (tertiary/aromatic N) is 3. The van der Waals surface area contributed by atoms with E-state index in [4.69, 9.17) is 21.9 Å².